The molecule has 2 aromatic carbocycles. The van der Waals surface area contributed by atoms with Crippen molar-refractivity contribution >= 4 is 35.6 Å². The molecule has 27 heavy (non-hydrogen) atoms. The van der Waals surface area contributed by atoms with Crippen molar-refractivity contribution in [2.75, 3.05) is 19.7 Å². The average molecular weight is 486 g/mol. The number of aliphatic imine (C=N–C) groups is 1. The van der Waals surface area contributed by atoms with Gasteiger partial charge in [0.05, 0.1) is 11.5 Å². The molecule has 8 nitrogen and oxygen atoms in total. The molecule has 0 amide bonds. The predicted molar refractivity (Wildman–Crippen MR) is 115 cm³/mol. The molecule has 2 aromatic rings. The molecule has 0 aromatic heterocycles. The number of nitrogens with zero attached hydrogens (tertiary/aromatic N) is 2. The van der Waals surface area contributed by atoms with Crippen LogP contribution in [0, 0.1) is 10.1 Å². The average Bonchev–Trinajstić information content (AvgIpc) is 2.66. The quantitative estimate of drug-likeness (QED) is 0.164. The van der Waals surface area contributed by atoms with Crippen molar-refractivity contribution in [2.24, 2.45) is 10.7 Å². The zero-order valence-corrected chi connectivity index (χ0v) is 17.0. The summed E-state index contributed by atoms with van der Waals surface area (Å²) in [6, 6.07) is 15.6. The second kappa shape index (κ2) is 12.1. The van der Waals surface area contributed by atoms with Crippen molar-refractivity contribution in [3.8, 4) is 5.75 Å². The maximum Gasteiger partial charge on any atom is 0.269 e. The van der Waals surface area contributed by atoms with Gasteiger partial charge in [-0.2, -0.15) is 0 Å². The SMILES string of the molecule is I.NC(=NCC(O)COc1ccc([N+](=O)[O-])cc1)NCCc1ccccc1. The van der Waals surface area contributed by atoms with Crippen molar-refractivity contribution in [3.05, 3.63) is 70.3 Å². The van der Waals surface area contributed by atoms with Crippen molar-refractivity contribution in [2.45, 2.75) is 12.5 Å². The van der Waals surface area contributed by atoms with Crippen molar-refractivity contribution in [1.29, 1.82) is 0 Å². The highest BCUT2D eigenvalue weighted by Crippen LogP contribution is 2.17. The first-order valence-electron chi connectivity index (χ1n) is 8.17. The molecule has 0 aliphatic carbocycles. The van der Waals surface area contributed by atoms with Crippen LogP contribution in [0.25, 0.3) is 0 Å². The molecular formula is C18H23IN4O4. The topological polar surface area (TPSA) is 123 Å². The molecule has 146 valence electrons. The van der Waals surface area contributed by atoms with Gasteiger partial charge in [0.15, 0.2) is 5.96 Å². The van der Waals surface area contributed by atoms with Crippen LogP contribution in [0.4, 0.5) is 5.69 Å². The molecule has 0 aliphatic rings. The molecule has 1 unspecified atom stereocenters. The number of halogens is 1. The highest BCUT2D eigenvalue weighted by atomic mass is 127. The van der Waals surface area contributed by atoms with Crippen LogP contribution < -0.4 is 15.8 Å². The number of aliphatic hydroxyl groups is 1. The number of nitrogens with one attached hydrogen (secondary N) is 1. The van der Waals surface area contributed by atoms with E-state index in [1.807, 2.05) is 30.3 Å². The van der Waals surface area contributed by atoms with Crippen molar-refractivity contribution < 1.29 is 14.8 Å². The fourth-order valence-electron chi connectivity index (χ4n) is 2.15. The molecule has 0 saturated heterocycles. The Balaban J connectivity index is 0.00000364. The minimum Gasteiger partial charge on any atom is -0.491 e. The highest BCUT2D eigenvalue weighted by molar-refractivity contribution is 14.0. The first-order valence-corrected chi connectivity index (χ1v) is 8.17. The third-order valence-electron chi connectivity index (χ3n) is 3.52. The second-order valence-corrected chi connectivity index (χ2v) is 5.60. The van der Waals surface area contributed by atoms with E-state index in [0.29, 0.717) is 12.3 Å². The molecule has 0 spiro atoms. The van der Waals surface area contributed by atoms with Crippen LogP contribution in [0.1, 0.15) is 5.56 Å². The summed E-state index contributed by atoms with van der Waals surface area (Å²) in [5.74, 6) is 0.697. The third-order valence-corrected chi connectivity index (χ3v) is 3.52. The molecule has 0 aliphatic heterocycles. The number of rotatable bonds is 9. The van der Waals surface area contributed by atoms with E-state index in [9.17, 15) is 15.2 Å². The normalized spacial score (nSPS) is 12.0. The number of hydrogen-bond donors (Lipinski definition) is 3. The number of nitro groups is 1. The molecule has 2 rings (SSSR count). The molecular weight excluding hydrogens is 463 g/mol. The van der Waals surface area contributed by atoms with Gasteiger partial charge in [-0.1, -0.05) is 30.3 Å². The summed E-state index contributed by atoms with van der Waals surface area (Å²) in [6.07, 6.45) is -0.0114. The lowest BCUT2D eigenvalue weighted by Gasteiger charge is -2.11. The zero-order valence-electron chi connectivity index (χ0n) is 14.7. The lowest BCUT2D eigenvalue weighted by atomic mass is 10.1. The Morgan fingerprint density at radius 3 is 2.52 bits per heavy atom. The van der Waals surface area contributed by atoms with Crippen LogP contribution in [0.5, 0.6) is 5.75 Å². The molecule has 0 radical (unpaired) electrons. The Kier molecular flexibility index (Phi) is 10.1. The maximum atomic E-state index is 10.6. The molecule has 0 fully saturated rings. The first-order chi connectivity index (χ1) is 12.5. The summed E-state index contributed by atoms with van der Waals surface area (Å²) < 4.78 is 5.37. The Labute approximate surface area is 174 Å². The molecule has 9 heteroatoms. The van der Waals surface area contributed by atoms with Gasteiger partial charge in [-0.15, -0.1) is 24.0 Å². The monoisotopic (exact) mass is 486 g/mol. The summed E-state index contributed by atoms with van der Waals surface area (Å²) in [4.78, 5) is 14.2. The second-order valence-electron chi connectivity index (χ2n) is 5.60. The fourth-order valence-corrected chi connectivity index (χ4v) is 2.15. The van der Waals surface area contributed by atoms with E-state index in [-0.39, 0.29) is 48.8 Å². The molecule has 1 atom stereocenters. The summed E-state index contributed by atoms with van der Waals surface area (Å²) in [7, 11) is 0. The van der Waals surface area contributed by atoms with E-state index in [4.69, 9.17) is 10.5 Å². The fraction of sp³-hybridized carbons (Fsp3) is 0.278. The van der Waals surface area contributed by atoms with Crippen LogP contribution in [0.2, 0.25) is 0 Å². The number of nitro benzene ring substituents is 1. The van der Waals surface area contributed by atoms with Crippen LogP contribution in [0.15, 0.2) is 59.6 Å². The Morgan fingerprint density at radius 1 is 1.22 bits per heavy atom. The number of non-ortho nitro benzene ring substituents is 1. The number of hydrogen-bond acceptors (Lipinski definition) is 5. The lowest BCUT2D eigenvalue weighted by Crippen LogP contribution is -2.34. The first kappa shape index (κ1) is 22.6. The smallest absolute Gasteiger partial charge is 0.269 e. The van der Waals surface area contributed by atoms with E-state index in [1.54, 1.807) is 0 Å². The summed E-state index contributed by atoms with van der Waals surface area (Å²) in [5, 5.41) is 23.4. The van der Waals surface area contributed by atoms with E-state index in [2.05, 4.69) is 10.3 Å². The summed E-state index contributed by atoms with van der Waals surface area (Å²) in [6.45, 7) is 0.754. The number of ether oxygens (including phenoxy) is 1. The molecule has 4 N–H and O–H groups in total. The van der Waals surface area contributed by atoms with Gasteiger partial charge in [0.2, 0.25) is 0 Å². The molecule has 0 bridgehead atoms. The number of nitrogens with two attached hydrogens (primary N) is 1. The van der Waals surface area contributed by atoms with Crippen LogP contribution >= 0.6 is 24.0 Å². The predicted octanol–water partition coefficient (Wildman–Crippen LogP) is 2.10. The minimum atomic E-state index is -0.834. The van der Waals surface area contributed by atoms with E-state index in [1.165, 1.54) is 29.8 Å². The van der Waals surface area contributed by atoms with E-state index < -0.39 is 11.0 Å². The maximum absolute atomic E-state index is 10.6. The highest BCUT2D eigenvalue weighted by Gasteiger charge is 2.07. The standard InChI is InChI=1S/C18H22N4O4.HI/c19-18(20-11-10-14-4-2-1-3-5-14)21-12-16(23)13-26-17-8-6-15(7-9-17)22(24)25;/h1-9,16,23H,10-13H2,(H3,19,20,21);1H. The van der Waals surface area contributed by atoms with Gasteiger partial charge in [0.25, 0.3) is 5.69 Å². The van der Waals surface area contributed by atoms with Crippen LogP contribution in [0.3, 0.4) is 0 Å². The lowest BCUT2D eigenvalue weighted by molar-refractivity contribution is -0.384. The van der Waals surface area contributed by atoms with E-state index >= 15 is 0 Å². The minimum absolute atomic E-state index is 0. The number of benzene rings is 2. The summed E-state index contributed by atoms with van der Waals surface area (Å²) in [5.41, 5.74) is 6.94. The van der Waals surface area contributed by atoms with Crippen molar-refractivity contribution in [3.63, 3.8) is 0 Å². The summed E-state index contributed by atoms with van der Waals surface area (Å²) >= 11 is 0. The Bertz CT molecular complexity index is 726. The van der Waals surface area contributed by atoms with E-state index in [0.717, 1.165) is 6.42 Å². The molecule has 0 heterocycles. The van der Waals surface area contributed by atoms with Crippen molar-refractivity contribution in [1.82, 2.24) is 5.32 Å². The zero-order chi connectivity index (χ0) is 18.8. The third kappa shape index (κ3) is 8.69. The number of aliphatic hydroxyl groups excluding tert-OH is 1. The largest absolute Gasteiger partial charge is 0.491 e. The van der Waals surface area contributed by atoms with Crippen LogP contribution in [-0.2, 0) is 6.42 Å². The van der Waals surface area contributed by atoms with Crippen LogP contribution in [-0.4, -0.2) is 41.8 Å². The number of guanidine groups is 1. The molecule has 0 saturated carbocycles. The van der Waals surface area contributed by atoms with Gasteiger partial charge < -0.3 is 20.9 Å². The van der Waals surface area contributed by atoms with Gasteiger partial charge >= 0.3 is 0 Å². The van der Waals surface area contributed by atoms with Gasteiger partial charge in [-0.25, -0.2) is 0 Å². The van der Waals surface area contributed by atoms with Gasteiger partial charge in [0, 0.05) is 18.7 Å². The Morgan fingerprint density at radius 2 is 1.89 bits per heavy atom. The van der Waals surface area contributed by atoms with Gasteiger partial charge in [-0.05, 0) is 24.1 Å². The van der Waals surface area contributed by atoms with Gasteiger partial charge in [-0.3, -0.25) is 15.1 Å². The Hall–Kier alpha value is -2.40. The van der Waals surface area contributed by atoms with Gasteiger partial charge in [0.1, 0.15) is 18.5 Å².